The lowest BCUT2D eigenvalue weighted by molar-refractivity contribution is 0.161. The average molecular weight is 491 g/mol. The van der Waals surface area contributed by atoms with Crippen LogP contribution in [0.2, 0.25) is 0 Å². The summed E-state index contributed by atoms with van der Waals surface area (Å²) in [6.45, 7) is 15.3. The van der Waals surface area contributed by atoms with E-state index in [1.54, 1.807) is 0 Å². The fourth-order valence-electron chi connectivity index (χ4n) is 3.51. The van der Waals surface area contributed by atoms with Gasteiger partial charge in [0.2, 0.25) is 5.89 Å². The van der Waals surface area contributed by atoms with Crippen molar-refractivity contribution in [3.05, 3.63) is 17.3 Å². The van der Waals surface area contributed by atoms with E-state index in [9.17, 15) is 0 Å². The summed E-state index contributed by atoms with van der Waals surface area (Å²) in [5, 5.41) is 6.87. The zero-order chi connectivity index (χ0) is 18.9. The Morgan fingerprint density at radius 1 is 1.15 bits per heavy atom. The molecular weight excluding hydrogens is 453 g/mol. The standard InChI is InChI=1S/C20H37N5O.HI/c1-6-21-20(23-14-19-24-16(4)17(5)26-19)22-13-18(15(2)3)25-11-9-7-8-10-12-25;/h15,18H,6-14H2,1-5H3,(H2,21,22,23);1H. The van der Waals surface area contributed by atoms with Crippen LogP contribution in [0.5, 0.6) is 0 Å². The highest BCUT2D eigenvalue weighted by Crippen LogP contribution is 2.17. The molecule has 1 saturated heterocycles. The molecule has 2 rings (SSSR count). The Kier molecular flexibility index (Phi) is 11.3. The van der Waals surface area contributed by atoms with Crippen molar-refractivity contribution >= 4 is 29.9 Å². The molecule has 0 amide bonds. The first kappa shape index (κ1) is 24.2. The minimum absolute atomic E-state index is 0. The van der Waals surface area contributed by atoms with Gasteiger partial charge in [-0.25, -0.2) is 9.98 Å². The van der Waals surface area contributed by atoms with E-state index < -0.39 is 0 Å². The van der Waals surface area contributed by atoms with E-state index in [-0.39, 0.29) is 24.0 Å². The van der Waals surface area contributed by atoms with Gasteiger partial charge in [-0.1, -0.05) is 26.7 Å². The topological polar surface area (TPSA) is 65.7 Å². The summed E-state index contributed by atoms with van der Waals surface area (Å²) in [6.07, 6.45) is 5.38. The number of hydrogen-bond acceptors (Lipinski definition) is 4. The van der Waals surface area contributed by atoms with E-state index in [1.165, 1.54) is 38.8 Å². The predicted octanol–water partition coefficient (Wildman–Crippen LogP) is 3.87. The molecule has 0 saturated carbocycles. The minimum atomic E-state index is 0. The quantitative estimate of drug-likeness (QED) is 0.345. The second kappa shape index (κ2) is 12.6. The second-order valence-electron chi connectivity index (χ2n) is 7.59. The van der Waals surface area contributed by atoms with E-state index in [2.05, 4.69) is 46.3 Å². The number of halogens is 1. The van der Waals surface area contributed by atoms with Gasteiger partial charge < -0.3 is 15.1 Å². The maximum Gasteiger partial charge on any atom is 0.216 e. The lowest BCUT2D eigenvalue weighted by atomic mass is 10.0. The molecule has 27 heavy (non-hydrogen) atoms. The van der Waals surface area contributed by atoms with Crippen molar-refractivity contribution < 1.29 is 4.42 Å². The van der Waals surface area contributed by atoms with Gasteiger partial charge in [-0.2, -0.15) is 0 Å². The van der Waals surface area contributed by atoms with E-state index in [0.29, 0.717) is 24.4 Å². The van der Waals surface area contributed by atoms with Gasteiger partial charge in [0.1, 0.15) is 12.3 Å². The summed E-state index contributed by atoms with van der Waals surface area (Å²) in [5.41, 5.74) is 0.939. The minimum Gasteiger partial charge on any atom is -0.444 e. The number of likely N-dealkylation sites (tertiary alicyclic amines) is 1. The maximum atomic E-state index is 5.63. The highest BCUT2D eigenvalue weighted by atomic mass is 127. The van der Waals surface area contributed by atoms with Crippen molar-refractivity contribution in [2.45, 2.75) is 72.9 Å². The third-order valence-electron chi connectivity index (χ3n) is 5.15. The Hall–Kier alpha value is -0.830. The molecule has 156 valence electrons. The molecule has 0 bridgehead atoms. The second-order valence-corrected chi connectivity index (χ2v) is 7.59. The lowest BCUT2D eigenvalue weighted by Crippen LogP contribution is -2.49. The van der Waals surface area contributed by atoms with E-state index in [0.717, 1.165) is 30.5 Å². The number of aromatic nitrogens is 1. The smallest absolute Gasteiger partial charge is 0.216 e. The zero-order valence-corrected chi connectivity index (χ0v) is 20.0. The summed E-state index contributed by atoms with van der Waals surface area (Å²) < 4.78 is 5.63. The van der Waals surface area contributed by atoms with Crippen LogP contribution in [-0.2, 0) is 6.54 Å². The summed E-state index contributed by atoms with van der Waals surface area (Å²) in [6, 6.07) is 0.531. The monoisotopic (exact) mass is 491 g/mol. The molecule has 1 aromatic rings. The van der Waals surface area contributed by atoms with Crippen molar-refractivity contribution in [2.24, 2.45) is 10.9 Å². The van der Waals surface area contributed by atoms with Gasteiger partial charge >= 0.3 is 0 Å². The Morgan fingerprint density at radius 2 is 1.81 bits per heavy atom. The first-order chi connectivity index (χ1) is 12.5. The van der Waals surface area contributed by atoms with E-state index in [1.807, 2.05) is 13.8 Å². The normalized spacial score (nSPS) is 17.3. The molecule has 1 atom stereocenters. The van der Waals surface area contributed by atoms with Crippen LogP contribution in [0.25, 0.3) is 0 Å². The molecule has 7 heteroatoms. The van der Waals surface area contributed by atoms with Crippen LogP contribution in [0.3, 0.4) is 0 Å². The Labute approximate surface area is 182 Å². The molecule has 0 aliphatic carbocycles. The molecule has 1 aliphatic heterocycles. The van der Waals surface area contributed by atoms with Gasteiger partial charge in [-0.3, -0.25) is 4.90 Å². The highest BCUT2D eigenvalue weighted by Gasteiger charge is 2.22. The van der Waals surface area contributed by atoms with Crippen LogP contribution in [0.15, 0.2) is 9.41 Å². The maximum absolute atomic E-state index is 5.63. The molecular formula is C20H38IN5O. The number of guanidine groups is 1. The summed E-state index contributed by atoms with van der Waals surface area (Å²) in [7, 11) is 0. The molecule has 0 spiro atoms. The fourth-order valence-corrected chi connectivity index (χ4v) is 3.51. The largest absolute Gasteiger partial charge is 0.444 e. The van der Waals surface area contributed by atoms with Gasteiger partial charge in [-0.05, 0) is 52.6 Å². The average Bonchev–Trinajstić information content (AvgIpc) is 2.79. The summed E-state index contributed by atoms with van der Waals surface area (Å²) in [5.74, 6) is 2.99. The Bertz CT molecular complexity index is 545. The first-order valence-corrected chi connectivity index (χ1v) is 10.2. The van der Waals surface area contributed by atoms with Crippen LogP contribution < -0.4 is 10.6 Å². The third-order valence-corrected chi connectivity index (χ3v) is 5.15. The number of hydrogen-bond donors (Lipinski definition) is 2. The van der Waals surface area contributed by atoms with Crippen molar-refractivity contribution in [3.8, 4) is 0 Å². The van der Waals surface area contributed by atoms with Crippen LogP contribution in [0, 0.1) is 19.8 Å². The summed E-state index contributed by atoms with van der Waals surface area (Å²) >= 11 is 0. The van der Waals surface area contributed by atoms with Crippen LogP contribution in [0.4, 0.5) is 0 Å². The van der Waals surface area contributed by atoms with E-state index in [4.69, 9.17) is 4.42 Å². The van der Waals surface area contributed by atoms with Gasteiger partial charge in [0.15, 0.2) is 5.96 Å². The van der Waals surface area contributed by atoms with Crippen molar-refractivity contribution in [1.82, 2.24) is 20.5 Å². The number of nitrogens with one attached hydrogen (secondary N) is 2. The Balaban J connectivity index is 0.00000364. The van der Waals surface area contributed by atoms with E-state index >= 15 is 0 Å². The lowest BCUT2D eigenvalue weighted by Gasteiger charge is -2.34. The van der Waals surface area contributed by atoms with Gasteiger partial charge in [0, 0.05) is 19.1 Å². The van der Waals surface area contributed by atoms with Crippen molar-refractivity contribution in [1.29, 1.82) is 0 Å². The van der Waals surface area contributed by atoms with Crippen molar-refractivity contribution in [3.63, 3.8) is 0 Å². The van der Waals surface area contributed by atoms with Crippen LogP contribution in [-0.4, -0.2) is 48.1 Å². The third kappa shape index (κ3) is 7.97. The molecule has 1 aliphatic rings. The first-order valence-electron chi connectivity index (χ1n) is 10.2. The van der Waals surface area contributed by atoms with Crippen LogP contribution >= 0.6 is 24.0 Å². The molecule has 1 unspecified atom stereocenters. The molecule has 2 heterocycles. The predicted molar refractivity (Wildman–Crippen MR) is 123 cm³/mol. The van der Waals surface area contributed by atoms with Crippen molar-refractivity contribution in [2.75, 3.05) is 26.2 Å². The molecule has 0 aromatic carbocycles. The van der Waals surface area contributed by atoms with Crippen LogP contribution in [0.1, 0.15) is 63.8 Å². The SMILES string of the molecule is CCNC(=NCc1nc(C)c(C)o1)NCC(C(C)C)N1CCCCCC1.I. The number of oxazole rings is 1. The highest BCUT2D eigenvalue weighted by molar-refractivity contribution is 14.0. The Morgan fingerprint density at radius 3 is 2.33 bits per heavy atom. The van der Waals surface area contributed by atoms with Gasteiger partial charge in [-0.15, -0.1) is 24.0 Å². The zero-order valence-electron chi connectivity index (χ0n) is 17.7. The van der Waals surface area contributed by atoms with Gasteiger partial charge in [0.05, 0.1) is 5.69 Å². The molecule has 0 radical (unpaired) electrons. The molecule has 6 nitrogen and oxygen atoms in total. The molecule has 1 aromatic heterocycles. The molecule has 2 N–H and O–H groups in total. The number of rotatable bonds is 7. The number of aryl methyl sites for hydroxylation is 2. The fraction of sp³-hybridized carbons (Fsp3) is 0.800. The number of nitrogens with zero attached hydrogens (tertiary/aromatic N) is 3. The van der Waals surface area contributed by atoms with Gasteiger partial charge in [0.25, 0.3) is 0 Å². The molecule has 1 fully saturated rings. The summed E-state index contributed by atoms with van der Waals surface area (Å²) in [4.78, 5) is 11.7. The number of aliphatic imine (C=N–C) groups is 1.